The van der Waals surface area contributed by atoms with Crippen molar-refractivity contribution in [1.82, 2.24) is 10.6 Å². The van der Waals surface area contributed by atoms with Crippen molar-refractivity contribution in [2.45, 2.75) is 77.1 Å². The number of benzene rings is 1. The Morgan fingerprint density at radius 2 is 1.83 bits per heavy atom. The molecule has 2 N–H and O–H groups in total. The van der Waals surface area contributed by atoms with Crippen LogP contribution in [0.25, 0.3) is 0 Å². The topological polar surface area (TPSA) is 50.4 Å². The molecule has 2 aliphatic carbocycles. The number of ether oxygens (including phenoxy) is 1. The molecule has 0 saturated heterocycles. The molecule has 132 valence electrons. The Bertz CT molecular complexity index is 559. The molecule has 0 aliphatic heterocycles. The summed E-state index contributed by atoms with van der Waals surface area (Å²) in [5.74, 6) is 0. The monoisotopic (exact) mass is 330 g/mol. The predicted octanol–water partition coefficient (Wildman–Crippen LogP) is 4.00. The van der Waals surface area contributed by atoms with Crippen molar-refractivity contribution in [2.24, 2.45) is 5.41 Å². The highest BCUT2D eigenvalue weighted by Gasteiger charge is 2.49. The number of rotatable bonds is 4. The number of carbonyl (C=O) groups excluding carboxylic acids is 1. The lowest BCUT2D eigenvalue weighted by molar-refractivity contribution is 0.0331. The smallest absolute Gasteiger partial charge is 0.407 e. The van der Waals surface area contributed by atoms with Crippen LogP contribution in [0.4, 0.5) is 4.79 Å². The van der Waals surface area contributed by atoms with Gasteiger partial charge in [-0.3, -0.25) is 0 Å². The molecule has 24 heavy (non-hydrogen) atoms. The summed E-state index contributed by atoms with van der Waals surface area (Å²) in [5.41, 5.74) is 1.36. The van der Waals surface area contributed by atoms with E-state index in [1.165, 1.54) is 24.8 Å². The summed E-state index contributed by atoms with van der Waals surface area (Å²) >= 11 is 0. The second-order valence-electron chi connectivity index (χ2n) is 8.56. The van der Waals surface area contributed by atoms with Gasteiger partial charge in [0.1, 0.15) is 5.60 Å². The molecule has 1 spiro atoms. The van der Waals surface area contributed by atoms with Crippen molar-refractivity contribution in [3.63, 3.8) is 0 Å². The second-order valence-corrected chi connectivity index (χ2v) is 8.56. The lowest BCUT2D eigenvalue weighted by atomic mass is 9.64. The molecule has 0 bridgehead atoms. The Kier molecular flexibility index (Phi) is 4.86. The molecule has 1 unspecified atom stereocenters. The average Bonchev–Trinajstić information content (AvgIpc) is 2.88. The van der Waals surface area contributed by atoms with E-state index < -0.39 is 5.60 Å². The van der Waals surface area contributed by atoms with Crippen LogP contribution in [0.2, 0.25) is 0 Å². The van der Waals surface area contributed by atoms with E-state index in [1.807, 2.05) is 20.8 Å². The van der Waals surface area contributed by atoms with Gasteiger partial charge >= 0.3 is 6.09 Å². The fourth-order valence-electron chi connectivity index (χ4n) is 4.17. The Balaban J connectivity index is 1.38. The van der Waals surface area contributed by atoms with Crippen LogP contribution in [0, 0.1) is 5.41 Å². The van der Waals surface area contributed by atoms with Crippen LogP contribution in [0.3, 0.4) is 0 Å². The van der Waals surface area contributed by atoms with Gasteiger partial charge in [-0.05, 0) is 63.9 Å². The molecule has 2 fully saturated rings. The van der Waals surface area contributed by atoms with Crippen LogP contribution in [-0.2, 0) is 11.3 Å². The van der Waals surface area contributed by atoms with Gasteiger partial charge < -0.3 is 15.4 Å². The minimum absolute atomic E-state index is 0.279. The third-order valence-corrected chi connectivity index (χ3v) is 5.22. The summed E-state index contributed by atoms with van der Waals surface area (Å²) in [4.78, 5) is 11.8. The van der Waals surface area contributed by atoms with Crippen molar-refractivity contribution >= 4 is 6.09 Å². The van der Waals surface area contributed by atoms with Crippen molar-refractivity contribution < 1.29 is 9.53 Å². The van der Waals surface area contributed by atoms with Crippen molar-refractivity contribution in [3.05, 3.63) is 35.9 Å². The van der Waals surface area contributed by atoms with E-state index >= 15 is 0 Å². The summed E-state index contributed by atoms with van der Waals surface area (Å²) in [6, 6.07) is 11.5. The molecule has 0 aromatic heterocycles. The zero-order valence-electron chi connectivity index (χ0n) is 15.1. The molecule has 1 aromatic carbocycles. The normalized spacial score (nSPS) is 29.3. The molecule has 0 radical (unpaired) electrons. The second kappa shape index (κ2) is 6.75. The average molecular weight is 330 g/mol. The highest BCUT2D eigenvalue weighted by atomic mass is 16.6. The number of alkyl carbamates (subject to hydrolysis) is 1. The maximum Gasteiger partial charge on any atom is 0.407 e. The summed E-state index contributed by atoms with van der Waals surface area (Å²) in [6.45, 7) is 6.64. The summed E-state index contributed by atoms with van der Waals surface area (Å²) < 4.78 is 5.34. The minimum Gasteiger partial charge on any atom is -0.444 e. The molecule has 1 atom stereocenters. The first kappa shape index (κ1) is 17.3. The number of hydrogen-bond donors (Lipinski definition) is 2. The number of hydrogen-bond acceptors (Lipinski definition) is 3. The molecule has 2 aliphatic rings. The van der Waals surface area contributed by atoms with Crippen molar-refractivity contribution in [1.29, 1.82) is 0 Å². The van der Waals surface area contributed by atoms with Crippen LogP contribution in [-0.4, -0.2) is 23.8 Å². The molecule has 0 heterocycles. The van der Waals surface area contributed by atoms with E-state index in [9.17, 15) is 4.79 Å². The summed E-state index contributed by atoms with van der Waals surface area (Å²) in [5, 5.41) is 6.71. The molecule has 2 saturated carbocycles. The third-order valence-electron chi connectivity index (χ3n) is 5.22. The van der Waals surface area contributed by atoms with Crippen LogP contribution in [0.1, 0.15) is 58.4 Å². The molecule has 4 heteroatoms. The zero-order chi connectivity index (χ0) is 17.2. The first-order valence-corrected chi connectivity index (χ1v) is 9.10. The van der Waals surface area contributed by atoms with Gasteiger partial charge in [0.2, 0.25) is 0 Å². The van der Waals surface area contributed by atoms with E-state index in [-0.39, 0.29) is 12.1 Å². The summed E-state index contributed by atoms with van der Waals surface area (Å²) in [6.07, 6.45) is 5.65. The van der Waals surface area contributed by atoms with E-state index in [4.69, 9.17) is 4.74 Å². The van der Waals surface area contributed by atoms with Crippen molar-refractivity contribution in [2.75, 3.05) is 0 Å². The Morgan fingerprint density at radius 3 is 2.50 bits per heavy atom. The largest absolute Gasteiger partial charge is 0.444 e. The van der Waals surface area contributed by atoms with Gasteiger partial charge in [-0.25, -0.2) is 4.79 Å². The number of nitrogens with one attached hydrogen (secondary N) is 2. The molecular weight excluding hydrogens is 300 g/mol. The summed E-state index contributed by atoms with van der Waals surface area (Å²) in [7, 11) is 0. The first-order chi connectivity index (χ1) is 11.3. The van der Waals surface area contributed by atoms with Crippen LogP contribution < -0.4 is 10.6 Å². The van der Waals surface area contributed by atoms with E-state index in [0.717, 1.165) is 19.4 Å². The molecule has 4 nitrogen and oxygen atoms in total. The fourth-order valence-corrected chi connectivity index (χ4v) is 4.17. The van der Waals surface area contributed by atoms with E-state index in [1.54, 1.807) is 0 Å². The third kappa shape index (κ3) is 4.50. The first-order valence-electron chi connectivity index (χ1n) is 9.10. The van der Waals surface area contributed by atoms with E-state index in [0.29, 0.717) is 11.5 Å². The van der Waals surface area contributed by atoms with Crippen molar-refractivity contribution in [3.8, 4) is 0 Å². The van der Waals surface area contributed by atoms with Gasteiger partial charge in [-0.1, -0.05) is 30.3 Å². The number of carbonyl (C=O) groups is 1. The minimum atomic E-state index is -0.425. The van der Waals surface area contributed by atoms with Gasteiger partial charge in [0.25, 0.3) is 0 Å². The Morgan fingerprint density at radius 1 is 1.17 bits per heavy atom. The lowest BCUT2D eigenvalue weighted by Gasteiger charge is -2.45. The molecule has 3 rings (SSSR count). The predicted molar refractivity (Wildman–Crippen MR) is 95.7 cm³/mol. The van der Waals surface area contributed by atoms with Gasteiger partial charge in [0, 0.05) is 18.6 Å². The van der Waals surface area contributed by atoms with Gasteiger partial charge in [-0.15, -0.1) is 0 Å². The van der Waals surface area contributed by atoms with Gasteiger partial charge in [-0.2, -0.15) is 0 Å². The number of amides is 1. The quantitative estimate of drug-likeness (QED) is 0.877. The maximum absolute atomic E-state index is 11.8. The molecule has 1 aromatic rings. The fraction of sp³-hybridized carbons (Fsp3) is 0.650. The highest BCUT2D eigenvalue weighted by Crippen LogP contribution is 2.53. The van der Waals surface area contributed by atoms with E-state index in [2.05, 4.69) is 41.0 Å². The van der Waals surface area contributed by atoms with Crippen LogP contribution in [0.5, 0.6) is 0 Å². The Hall–Kier alpha value is -1.55. The molecular formula is C20H30N2O2. The SMILES string of the molecule is CC(C)(C)OC(=O)NC1CC2(CCC(NCc3ccccc3)C2)C1. The van der Waals surface area contributed by atoms with Crippen LogP contribution in [0.15, 0.2) is 30.3 Å². The van der Waals surface area contributed by atoms with Gasteiger partial charge in [0.15, 0.2) is 0 Å². The zero-order valence-corrected chi connectivity index (χ0v) is 15.1. The maximum atomic E-state index is 11.8. The van der Waals surface area contributed by atoms with Crippen LogP contribution >= 0.6 is 0 Å². The molecule has 1 amide bonds. The highest BCUT2D eigenvalue weighted by molar-refractivity contribution is 5.68. The lowest BCUT2D eigenvalue weighted by Crippen LogP contribution is -2.51. The Labute approximate surface area is 145 Å². The standard InChI is InChI=1S/C20H30N2O2/c1-19(2,3)24-18(23)22-17-12-20(13-17)10-9-16(11-20)21-14-15-7-5-4-6-8-15/h4-8,16-17,21H,9-14H2,1-3H3,(H,22,23). The van der Waals surface area contributed by atoms with Gasteiger partial charge in [0.05, 0.1) is 0 Å².